The van der Waals surface area contributed by atoms with Crippen LogP contribution in [0.1, 0.15) is 29.9 Å². The van der Waals surface area contributed by atoms with Gasteiger partial charge in [0.1, 0.15) is 17.0 Å². The first-order valence-corrected chi connectivity index (χ1v) is 13.0. The Kier molecular flexibility index (Phi) is 5.58. The number of nitrogens with zero attached hydrogens (tertiary/aromatic N) is 1. The summed E-state index contributed by atoms with van der Waals surface area (Å²) >= 11 is 5.95. The van der Waals surface area contributed by atoms with Gasteiger partial charge in [-0.3, -0.25) is 0 Å². The third kappa shape index (κ3) is 4.20. The molecule has 0 aliphatic carbocycles. The van der Waals surface area contributed by atoms with Gasteiger partial charge in [-0.15, -0.1) is 0 Å². The molecule has 0 unspecified atom stereocenters. The van der Waals surface area contributed by atoms with E-state index in [1.54, 1.807) is 10.3 Å². The molecule has 0 atom stereocenters. The highest BCUT2D eigenvalue weighted by Crippen LogP contribution is 2.45. The number of halogens is 1. The molecule has 1 aliphatic heterocycles. The van der Waals surface area contributed by atoms with Crippen LogP contribution in [0, 0.1) is 6.92 Å². The lowest BCUT2D eigenvalue weighted by atomic mass is 9.89. The van der Waals surface area contributed by atoms with Gasteiger partial charge in [0.25, 0.3) is 0 Å². The Morgan fingerprint density at radius 2 is 1.72 bits per heavy atom. The number of rotatable bonds is 4. The van der Waals surface area contributed by atoms with Crippen molar-refractivity contribution in [1.82, 2.24) is 0 Å². The van der Waals surface area contributed by atoms with Crippen molar-refractivity contribution in [2.24, 2.45) is 4.99 Å². The molecule has 2 heterocycles. The Balaban J connectivity index is 1.44. The molecule has 1 N–H and O–H groups in total. The van der Waals surface area contributed by atoms with Crippen LogP contribution in [0.4, 0.5) is 11.4 Å². The van der Waals surface area contributed by atoms with E-state index >= 15 is 0 Å². The zero-order valence-electron chi connectivity index (χ0n) is 18.1. The van der Waals surface area contributed by atoms with Gasteiger partial charge in [0.15, 0.2) is 0 Å². The van der Waals surface area contributed by atoms with Crippen LogP contribution in [0.25, 0.3) is 11.1 Å². The van der Waals surface area contributed by atoms with Crippen LogP contribution < -0.4 is 14.7 Å². The highest BCUT2D eigenvalue weighted by atomic mass is 35.5. The van der Waals surface area contributed by atoms with Crippen molar-refractivity contribution in [2.75, 3.05) is 5.32 Å². The number of anilines is 1. The standard InChI is InChI=1S/C26H23ClN2OS2/c1-16-4-13-22-21(14-16)23-24(26(2,3)29-22)31-32-25(23)28-19-9-11-20(12-10-19)30-15-17-5-7-18(27)8-6-17/h4-14,29H,15H2,1-3H3. The minimum atomic E-state index is -0.119. The van der Waals surface area contributed by atoms with Gasteiger partial charge in [-0.2, -0.15) is 0 Å². The maximum atomic E-state index is 5.95. The molecule has 0 radical (unpaired) electrons. The molecule has 0 amide bonds. The SMILES string of the molecule is Cc1ccc2c(c1)-c1c(ssc1=Nc1ccc(OCc3ccc(Cl)cc3)cc1)C(C)(C)N2. The third-order valence-electron chi connectivity index (χ3n) is 5.49. The summed E-state index contributed by atoms with van der Waals surface area (Å²) in [6.07, 6.45) is 0. The predicted molar refractivity (Wildman–Crippen MR) is 136 cm³/mol. The Morgan fingerprint density at radius 1 is 0.969 bits per heavy atom. The maximum absolute atomic E-state index is 5.95. The van der Waals surface area contributed by atoms with E-state index in [0.717, 1.165) is 26.7 Å². The van der Waals surface area contributed by atoms with Crippen LogP contribution in [0.15, 0.2) is 71.7 Å². The molecule has 5 rings (SSSR count). The van der Waals surface area contributed by atoms with Crippen LogP contribution in [0.3, 0.4) is 0 Å². The van der Waals surface area contributed by atoms with Gasteiger partial charge in [0.05, 0.1) is 16.1 Å². The number of hydrogen-bond acceptors (Lipinski definition) is 5. The zero-order valence-corrected chi connectivity index (χ0v) is 20.5. The van der Waals surface area contributed by atoms with Crippen molar-refractivity contribution in [2.45, 2.75) is 32.9 Å². The van der Waals surface area contributed by atoms with Crippen LogP contribution in [0.2, 0.25) is 5.02 Å². The summed E-state index contributed by atoms with van der Waals surface area (Å²) in [4.78, 5) is 6.34. The van der Waals surface area contributed by atoms with Gasteiger partial charge in [-0.05, 0) is 74.9 Å². The Morgan fingerprint density at radius 3 is 2.47 bits per heavy atom. The zero-order chi connectivity index (χ0) is 22.3. The van der Waals surface area contributed by atoms with E-state index in [2.05, 4.69) is 44.3 Å². The molecule has 0 bridgehead atoms. The second kappa shape index (κ2) is 8.39. The predicted octanol–water partition coefficient (Wildman–Crippen LogP) is 7.91. The summed E-state index contributed by atoms with van der Waals surface area (Å²) in [7, 11) is 3.55. The first-order valence-electron chi connectivity index (χ1n) is 10.4. The topological polar surface area (TPSA) is 33.6 Å². The maximum Gasteiger partial charge on any atom is 0.135 e. The van der Waals surface area contributed by atoms with E-state index in [4.69, 9.17) is 21.3 Å². The Bertz CT molecular complexity index is 1340. The molecule has 0 spiro atoms. The van der Waals surface area contributed by atoms with E-state index in [1.807, 2.05) is 58.9 Å². The molecular formula is C26H23ClN2OS2. The molecule has 6 heteroatoms. The van der Waals surface area contributed by atoms with Crippen molar-refractivity contribution >= 4 is 43.7 Å². The average molecular weight is 479 g/mol. The van der Waals surface area contributed by atoms with Gasteiger partial charge in [-0.1, -0.05) is 56.0 Å². The van der Waals surface area contributed by atoms with E-state index < -0.39 is 0 Å². The van der Waals surface area contributed by atoms with Gasteiger partial charge < -0.3 is 10.1 Å². The summed E-state index contributed by atoms with van der Waals surface area (Å²) in [6.45, 7) is 7.10. The molecule has 32 heavy (non-hydrogen) atoms. The second-order valence-electron chi connectivity index (χ2n) is 8.50. The van der Waals surface area contributed by atoms with E-state index in [-0.39, 0.29) is 5.54 Å². The lowest BCUT2D eigenvalue weighted by Gasteiger charge is -2.33. The molecule has 0 saturated heterocycles. The minimum Gasteiger partial charge on any atom is -0.489 e. The second-order valence-corrected chi connectivity index (χ2v) is 11.1. The highest BCUT2D eigenvalue weighted by molar-refractivity contribution is 7.68. The van der Waals surface area contributed by atoms with Gasteiger partial charge >= 0.3 is 0 Å². The summed E-state index contributed by atoms with van der Waals surface area (Å²) in [5.74, 6) is 0.821. The molecule has 4 aromatic rings. The van der Waals surface area contributed by atoms with Crippen LogP contribution in [-0.4, -0.2) is 0 Å². The fraction of sp³-hybridized carbons (Fsp3) is 0.192. The van der Waals surface area contributed by atoms with Crippen molar-refractivity contribution in [3.63, 3.8) is 0 Å². The number of hydrogen-bond donors (Lipinski definition) is 1. The molecule has 0 fully saturated rings. The molecule has 162 valence electrons. The lowest BCUT2D eigenvalue weighted by Crippen LogP contribution is -2.31. The normalized spacial score (nSPS) is 14.4. The summed E-state index contributed by atoms with van der Waals surface area (Å²) in [5, 5.41) is 4.42. The molecule has 1 aliphatic rings. The number of nitrogens with one attached hydrogen (secondary N) is 1. The summed E-state index contributed by atoms with van der Waals surface area (Å²) in [5.41, 5.74) is 6.79. The summed E-state index contributed by atoms with van der Waals surface area (Å²) < 4.78 is 6.97. The van der Waals surface area contributed by atoms with Gasteiger partial charge in [-0.25, -0.2) is 4.99 Å². The van der Waals surface area contributed by atoms with Crippen LogP contribution in [0.5, 0.6) is 5.75 Å². The van der Waals surface area contributed by atoms with Crippen molar-refractivity contribution in [3.8, 4) is 16.9 Å². The molecule has 1 aromatic heterocycles. The van der Waals surface area contributed by atoms with E-state index in [9.17, 15) is 0 Å². The quantitative estimate of drug-likeness (QED) is 0.302. The van der Waals surface area contributed by atoms with Crippen LogP contribution in [-0.2, 0) is 12.1 Å². The van der Waals surface area contributed by atoms with E-state index in [1.165, 1.54) is 27.3 Å². The van der Waals surface area contributed by atoms with E-state index in [0.29, 0.717) is 6.61 Å². The minimum absolute atomic E-state index is 0.119. The Labute approximate surface area is 200 Å². The molecule has 3 aromatic carbocycles. The fourth-order valence-electron chi connectivity index (χ4n) is 3.84. The number of aryl methyl sites for hydroxylation is 1. The van der Waals surface area contributed by atoms with Crippen molar-refractivity contribution < 1.29 is 4.74 Å². The molecular weight excluding hydrogens is 456 g/mol. The number of benzene rings is 3. The number of ether oxygens (including phenoxy) is 1. The largest absolute Gasteiger partial charge is 0.489 e. The molecule has 0 saturated carbocycles. The molecule has 3 nitrogen and oxygen atoms in total. The Hall–Kier alpha value is -2.60. The average Bonchev–Trinajstić information content (AvgIpc) is 3.20. The fourth-order valence-corrected chi connectivity index (χ4v) is 6.90. The van der Waals surface area contributed by atoms with Crippen molar-refractivity contribution in [1.29, 1.82) is 0 Å². The smallest absolute Gasteiger partial charge is 0.135 e. The summed E-state index contributed by atoms with van der Waals surface area (Å²) in [6, 6.07) is 22.3. The first kappa shape index (κ1) is 21.3. The lowest BCUT2D eigenvalue weighted by molar-refractivity contribution is 0.306. The van der Waals surface area contributed by atoms with Crippen LogP contribution >= 0.6 is 32.3 Å². The first-order chi connectivity index (χ1) is 15.4. The van der Waals surface area contributed by atoms with Gasteiger partial charge in [0.2, 0.25) is 0 Å². The monoisotopic (exact) mass is 478 g/mol. The third-order valence-corrected chi connectivity index (χ3v) is 8.38. The highest BCUT2D eigenvalue weighted by Gasteiger charge is 2.33. The van der Waals surface area contributed by atoms with Gasteiger partial charge in [0, 0.05) is 21.8 Å². The number of fused-ring (bicyclic) bond motifs is 3. The van der Waals surface area contributed by atoms with Crippen molar-refractivity contribution in [3.05, 3.63) is 92.4 Å².